The van der Waals surface area contributed by atoms with Crippen LogP contribution in [0.5, 0.6) is 0 Å². The van der Waals surface area contributed by atoms with E-state index in [0.717, 1.165) is 13.1 Å². The summed E-state index contributed by atoms with van der Waals surface area (Å²) in [6, 6.07) is 0. The van der Waals surface area contributed by atoms with Crippen LogP contribution in [-0.4, -0.2) is 13.1 Å². The van der Waals surface area contributed by atoms with E-state index in [0.29, 0.717) is 0 Å². The van der Waals surface area contributed by atoms with Gasteiger partial charge in [-0.25, -0.2) is 0 Å². The topological polar surface area (TPSA) is 14.1 Å². The monoisotopic (exact) mass is 177 g/mol. The van der Waals surface area contributed by atoms with E-state index < -0.39 is 0 Å². The molecule has 0 bridgehead atoms. The molecule has 1 fully saturated rings. The molecule has 0 aromatic carbocycles. The number of rotatable bonds is 0. The van der Waals surface area contributed by atoms with Crippen LogP contribution in [0, 0.1) is 6.92 Å². The average Bonchev–Trinajstić information content (AvgIpc) is 1.96. The smallest absolute Gasteiger partial charge is 0.662 e. The van der Waals surface area contributed by atoms with Gasteiger partial charge in [0.1, 0.15) is 0 Å². The van der Waals surface area contributed by atoms with Crippen molar-refractivity contribution in [2.45, 2.75) is 26.2 Å². The molecule has 1 nitrogen and oxygen atoms in total. The number of piperidine rings is 1. The summed E-state index contributed by atoms with van der Waals surface area (Å²) in [5.74, 6) is 0. The van der Waals surface area contributed by atoms with Gasteiger partial charge in [0.15, 0.2) is 0 Å². The summed E-state index contributed by atoms with van der Waals surface area (Å²) < 4.78 is 0. The van der Waals surface area contributed by atoms with Crippen LogP contribution in [0.4, 0.5) is 0 Å². The Morgan fingerprint density at radius 2 is 1.44 bits per heavy atom. The molecule has 0 aromatic heterocycles. The molecule has 0 atom stereocenters. The molecular formula is C7H15NZn. The van der Waals surface area contributed by atoms with E-state index in [9.17, 15) is 0 Å². The first-order valence-corrected chi connectivity index (χ1v) is 3.34. The quantitative estimate of drug-likeness (QED) is 0.400. The predicted molar refractivity (Wildman–Crippen MR) is 38.0 cm³/mol. The average molecular weight is 179 g/mol. The van der Waals surface area contributed by atoms with E-state index in [2.05, 4.69) is 12.2 Å². The summed E-state index contributed by atoms with van der Waals surface area (Å²) >= 11 is 0. The Labute approximate surface area is 71.4 Å². The molecule has 1 aliphatic rings. The Balaban J connectivity index is 0. The normalized spacial score (nSPS) is 16.7. The van der Waals surface area contributed by atoms with Gasteiger partial charge in [-0.05, 0) is 0 Å². The summed E-state index contributed by atoms with van der Waals surface area (Å²) in [4.78, 5) is 0. The minimum atomic E-state index is 0. The molecule has 50 valence electrons. The second kappa shape index (κ2) is 11.4. The molecule has 1 aliphatic heterocycles. The summed E-state index contributed by atoms with van der Waals surface area (Å²) in [7, 11) is 0. The van der Waals surface area contributed by atoms with E-state index in [-0.39, 0.29) is 19.5 Å². The third kappa shape index (κ3) is 8.58. The van der Waals surface area contributed by atoms with E-state index >= 15 is 0 Å². The molecule has 1 rings (SSSR count). The van der Waals surface area contributed by atoms with Crippen molar-refractivity contribution in [3.05, 3.63) is 12.2 Å². The zero-order chi connectivity index (χ0) is 6.24. The first kappa shape index (κ1) is 12.3. The largest absolute Gasteiger partial charge is 2.00 e. The molecule has 0 unspecified atom stereocenters. The molecule has 0 radical (unpaired) electrons. The standard InChI is InChI=1S/C5H10N.C2H5.Zn/c1-2-4-6-5-3-1;1-2;/h1-5H2;1H2,2H3;/q2*-1;+2. The molecule has 0 aromatic rings. The minimum absolute atomic E-state index is 0. The zero-order valence-corrected chi connectivity index (χ0v) is 9.36. The number of hydrogen-bond acceptors (Lipinski definition) is 0. The maximum absolute atomic E-state index is 4.18. The molecular weight excluding hydrogens is 163 g/mol. The summed E-state index contributed by atoms with van der Waals surface area (Å²) in [5.41, 5.74) is 0. The van der Waals surface area contributed by atoms with Gasteiger partial charge in [-0.2, -0.15) is 6.92 Å². The van der Waals surface area contributed by atoms with Gasteiger partial charge in [0.05, 0.1) is 0 Å². The molecule has 9 heavy (non-hydrogen) atoms. The molecule has 2 heteroatoms. The Kier molecular flexibility index (Phi) is 15.5. The Bertz CT molecular complexity index is 24.4. The van der Waals surface area contributed by atoms with Crippen LogP contribution in [0.2, 0.25) is 0 Å². The van der Waals surface area contributed by atoms with Crippen LogP contribution in [0.3, 0.4) is 0 Å². The van der Waals surface area contributed by atoms with Crippen molar-refractivity contribution in [2.75, 3.05) is 13.1 Å². The van der Waals surface area contributed by atoms with Crippen LogP contribution < -0.4 is 0 Å². The minimum Gasteiger partial charge on any atom is -0.662 e. The summed E-state index contributed by atoms with van der Waals surface area (Å²) in [5, 5.41) is 4.18. The van der Waals surface area contributed by atoms with Crippen LogP contribution in [0.25, 0.3) is 5.32 Å². The van der Waals surface area contributed by atoms with Gasteiger partial charge in [-0.3, -0.25) is 0 Å². The predicted octanol–water partition coefficient (Wildman–Crippen LogP) is 2.38. The Hall–Kier alpha value is 0.583. The number of hydrogen-bond donors (Lipinski definition) is 0. The zero-order valence-electron chi connectivity index (χ0n) is 6.40. The van der Waals surface area contributed by atoms with Gasteiger partial charge >= 0.3 is 19.5 Å². The third-order valence-electron chi connectivity index (χ3n) is 1.13. The van der Waals surface area contributed by atoms with Crippen molar-refractivity contribution in [1.82, 2.24) is 0 Å². The third-order valence-corrected chi connectivity index (χ3v) is 1.13. The molecule has 1 heterocycles. The van der Waals surface area contributed by atoms with Crippen LogP contribution in [-0.2, 0) is 19.5 Å². The fraction of sp³-hybridized carbons (Fsp3) is 0.857. The second-order valence-electron chi connectivity index (χ2n) is 1.73. The van der Waals surface area contributed by atoms with Gasteiger partial charge < -0.3 is 12.2 Å². The first-order chi connectivity index (χ1) is 4.00. The first-order valence-electron chi connectivity index (χ1n) is 3.34. The maximum atomic E-state index is 4.18. The summed E-state index contributed by atoms with van der Waals surface area (Å²) in [6.07, 6.45) is 4.07. The van der Waals surface area contributed by atoms with Crippen LogP contribution in [0.15, 0.2) is 0 Å². The second-order valence-corrected chi connectivity index (χ2v) is 1.73. The van der Waals surface area contributed by atoms with Crippen molar-refractivity contribution < 1.29 is 19.5 Å². The molecule has 0 amide bonds. The summed E-state index contributed by atoms with van der Waals surface area (Å²) in [6.45, 7) is 7.25. The number of nitrogens with zero attached hydrogens (tertiary/aromatic N) is 1. The van der Waals surface area contributed by atoms with E-state index in [1.165, 1.54) is 19.3 Å². The Morgan fingerprint density at radius 1 is 1.00 bits per heavy atom. The van der Waals surface area contributed by atoms with Gasteiger partial charge in [-0.1, -0.05) is 19.3 Å². The van der Waals surface area contributed by atoms with Crippen LogP contribution >= 0.6 is 0 Å². The molecule has 0 saturated carbocycles. The van der Waals surface area contributed by atoms with Crippen molar-refractivity contribution in [3.8, 4) is 0 Å². The van der Waals surface area contributed by atoms with Crippen molar-refractivity contribution >= 4 is 0 Å². The van der Waals surface area contributed by atoms with E-state index in [1.807, 2.05) is 0 Å². The van der Waals surface area contributed by atoms with Crippen LogP contribution in [0.1, 0.15) is 26.2 Å². The molecule has 0 aliphatic carbocycles. The molecule has 0 N–H and O–H groups in total. The fourth-order valence-electron chi connectivity index (χ4n) is 0.736. The van der Waals surface area contributed by atoms with Gasteiger partial charge in [0.25, 0.3) is 0 Å². The van der Waals surface area contributed by atoms with Crippen molar-refractivity contribution in [1.29, 1.82) is 0 Å². The maximum Gasteiger partial charge on any atom is 2.00 e. The van der Waals surface area contributed by atoms with Gasteiger partial charge in [0.2, 0.25) is 0 Å². The SMILES string of the molecule is C1CC[N-]CC1.[CH2-]C.[Zn+2]. The van der Waals surface area contributed by atoms with E-state index in [4.69, 9.17) is 0 Å². The van der Waals surface area contributed by atoms with Crippen molar-refractivity contribution in [2.24, 2.45) is 0 Å². The van der Waals surface area contributed by atoms with E-state index in [1.54, 1.807) is 6.92 Å². The van der Waals surface area contributed by atoms with Crippen molar-refractivity contribution in [3.63, 3.8) is 0 Å². The molecule has 1 saturated heterocycles. The van der Waals surface area contributed by atoms with Gasteiger partial charge in [-0.15, -0.1) is 13.1 Å². The Morgan fingerprint density at radius 3 is 1.56 bits per heavy atom. The fourth-order valence-corrected chi connectivity index (χ4v) is 0.736. The molecule has 0 spiro atoms. The van der Waals surface area contributed by atoms with Gasteiger partial charge in [0, 0.05) is 0 Å².